The molecule has 154 valence electrons. The molecule has 1 fully saturated rings. The molecule has 1 amide bonds. The van der Waals surface area contributed by atoms with Crippen molar-refractivity contribution in [3.8, 4) is 0 Å². The van der Waals surface area contributed by atoms with Crippen molar-refractivity contribution in [3.63, 3.8) is 0 Å². The van der Waals surface area contributed by atoms with E-state index in [0.717, 1.165) is 31.6 Å². The van der Waals surface area contributed by atoms with E-state index < -0.39 is 0 Å². The van der Waals surface area contributed by atoms with Crippen LogP contribution < -0.4 is 15.1 Å². The lowest BCUT2D eigenvalue weighted by Gasteiger charge is -2.35. The number of halogens is 3. The Kier molecular flexibility index (Phi) is 7.25. The van der Waals surface area contributed by atoms with E-state index in [1.54, 1.807) is 11.0 Å². The molecule has 28 heavy (non-hydrogen) atoms. The van der Waals surface area contributed by atoms with Gasteiger partial charge < -0.3 is 15.1 Å². The van der Waals surface area contributed by atoms with Gasteiger partial charge in [0.2, 0.25) is 0 Å². The molecular weight excluding hydrogens is 406 g/mol. The summed E-state index contributed by atoms with van der Waals surface area (Å²) in [4.78, 5) is 16.8. The van der Waals surface area contributed by atoms with Gasteiger partial charge in [-0.3, -0.25) is 4.79 Å². The van der Waals surface area contributed by atoms with Crippen molar-refractivity contribution >= 4 is 42.1 Å². The molecular formula is C18H25Cl2FN6O. The topological polar surface area (TPSA) is 66.3 Å². The summed E-state index contributed by atoms with van der Waals surface area (Å²) in [5, 5.41) is 11.8. The van der Waals surface area contributed by atoms with E-state index >= 15 is 0 Å². The highest BCUT2D eigenvalue weighted by Crippen LogP contribution is 2.34. The molecule has 0 unspecified atom stereocenters. The van der Waals surface area contributed by atoms with Gasteiger partial charge in [0, 0.05) is 20.1 Å². The van der Waals surface area contributed by atoms with Crippen LogP contribution in [-0.2, 0) is 0 Å². The molecule has 3 heterocycles. The summed E-state index contributed by atoms with van der Waals surface area (Å²) in [5.41, 5.74) is 2.60. The van der Waals surface area contributed by atoms with Gasteiger partial charge in [0.05, 0.1) is 23.1 Å². The lowest BCUT2D eigenvalue weighted by atomic mass is 10.1. The van der Waals surface area contributed by atoms with E-state index in [9.17, 15) is 9.18 Å². The van der Waals surface area contributed by atoms with E-state index in [0.29, 0.717) is 30.2 Å². The first-order valence-corrected chi connectivity index (χ1v) is 9.01. The summed E-state index contributed by atoms with van der Waals surface area (Å²) in [6.45, 7) is 4.98. The average molecular weight is 431 g/mol. The number of nitrogens with zero attached hydrogens (tertiary/aromatic N) is 5. The molecule has 10 heteroatoms. The summed E-state index contributed by atoms with van der Waals surface area (Å²) in [5.74, 6) is -0.485. The zero-order valence-electron chi connectivity index (χ0n) is 15.9. The predicted molar refractivity (Wildman–Crippen MR) is 112 cm³/mol. The highest BCUT2D eigenvalue weighted by Gasteiger charge is 2.30. The number of hydrogen-bond donors (Lipinski definition) is 1. The van der Waals surface area contributed by atoms with Crippen LogP contribution in [0.25, 0.3) is 0 Å². The maximum atomic E-state index is 13.6. The molecule has 1 N–H and O–H groups in total. The van der Waals surface area contributed by atoms with Crippen LogP contribution in [0.2, 0.25) is 0 Å². The summed E-state index contributed by atoms with van der Waals surface area (Å²) in [6.07, 6.45) is 1.96. The lowest BCUT2D eigenvalue weighted by Crippen LogP contribution is -2.43. The van der Waals surface area contributed by atoms with E-state index in [-0.39, 0.29) is 42.6 Å². The summed E-state index contributed by atoms with van der Waals surface area (Å²) < 4.78 is 15.5. The zero-order chi connectivity index (χ0) is 18.3. The van der Waals surface area contributed by atoms with Crippen LogP contribution in [0.1, 0.15) is 35.1 Å². The number of nitrogens with one attached hydrogen (secondary N) is 1. The first-order chi connectivity index (χ1) is 12.6. The third kappa shape index (κ3) is 3.94. The first-order valence-electron chi connectivity index (χ1n) is 9.01. The minimum absolute atomic E-state index is 0. The summed E-state index contributed by atoms with van der Waals surface area (Å²) >= 11 is 0. The minimum Gasteiger partial charge on any atom is -0.371 e. The van der Waals surface area contributed by atoms with Crippen molar-refractivity contribution in [3.05, 3.63) is 35.4 Å². The van der Waals surface area contributed by atoms with E-state index in [1.165, 1.54) is 12.1 Å². The molecule has 0 spiro atoms. The van der Waals surface area contributed by atoms with Crippen LogP contribution in [0.15, 0.2) is 18.2 Å². The van der Waals surface area contributed by atoms with Crippen LogP contribution >= 0.6 is 24.8 Å². The van der Waals surface area contributed by atoms with Gasteiger partial charge in [-0.25, -0.2) is 9.07 Å². The molecule has 0 aliphatic carbocycles. The predicted octanol–water partition coefficient (Wildman–Crippen LogP) is 2.59. The maximum Gasteiger partial charge on any atom is 0.280 e. The van der Waals surface area contributed by atoms with E-state index in [1.807, 2.05) is 23.6 Å². The number of carbonyl (C=O) groups is 1. The van der Waals surface area contributed by atoms with E-state index in [2.05, 4.69) is 15.6 Å². The number of piperidine rings is 1. The van der Waals surface area contributed by atoms with Gasteiger partial charge in [0.15, 0.2) is 5.69 Å². The summed E-state index contributed by atoms with van der Waals surface area (Å²) in [7, 11) is 1.90. The molecule has 4 rings (SSSR count). The van der Waals surface area contributed by atoms with Crippen LogP contribution in [0.5, 0.6) is 0 Å². The maximum absolute atomic E-state index is 13.6. The standard InChI is InChI=1S/C18H23FN6O.2ClH/c1-12-17(21-22-25(12)14-5-7-20-8-6-14)18(26)24-10-9-23(2)16-11-13(19)3-4-15(16)24;;/h3-4,11,14,20H,5-10H2,1-2H3;2*1H. The number of fused-ring (bicyclic) bond motifs is 1. The van der Waals surface area contributed by atoms with Gasteiger partial charge >= 0.3 is 0 Å². The van der Waals surface area contributed by atoms with Gasteiger partial charge in [-0.2, -0.15) is 0 Å². The molecule has 1 saturated heterocycles. The Morgan fingerprint density at radius 3 is 2.61 bits per heavy atom. The smallest absolute Gasteiger partial charge is 0.280 e. The first kappa shape index (κ1) is 22.4. The van der Waals surface area contributed by atoms with Gasteiger partial charge in [-0.05, 0) is 51.1 Å². The molecule has 7 nitrogen and oxygen atoms in total. The molecule has 2 aliphatic heterocycles. The fourth-order valence-corrected chi connectivity index (χ4v) is 3.80. The fraction of sp³-hybridized carbons (Fsp3) is 0.500. The van der Waals surface area contributed by atoms with Gasteiger partial charge in [-0.1, -0.05) is 5.21 Å². The third-order valence-corrected chi connectivity index (χ3v) is 5.33. The Labute approximate surface area is 176 Å². The Morgan fingerprint density at radius 2 is 1.89 bits per heavy atom. The van der Waals surface area contributed by atoms with Crippen molar-refractivity contribution in [2.45, 2.75) is 25.8 Å². The number of aromatic nitrogens is 3. The Hall–Kier alpha value is -1.90. The van der Waals surface area contributed by atoms with Crippen LogP contribution in [0, 0.1) is 12.7 Å². The van der Waals surface area contributed by atoms with Crippen molar-refractivity contribution in [2.24, 2.45) is 0 Å². The second kappa shape index (κ2) is 9.07. The quantitative estimate of drug-likeness (QED) is 0.792. The highest BCUT2D eigenvalue weighted by molar-refractivity contribution is 6.07. The Bertz CT molecular complexity index is 839. The van der Waals surface area contributed by atoms with Crippen molar-refractivity contribution in [1.82, 2.24) is 20.3 Å². The molecule has 0 radical (unpaired) electrons. The number of carbonyl (C=O) groups excluding carboxylic acids is 1. The van der Waals surface area contributed by atoms with Gasteiger partial charge in [0.25, 0.3) is 5.91 Å². The number of amides is 1. The Morgan fingerprint density at radius 1 is 1.18 bits per heavy atom. The monoisotopic (exact) mass is 430 g/mol. The summed E-state index contributed by atoms with van der Waals surface area (Å²) in [6, 6.07) is 4.79. The molecule has 1 aromatic carbocycles. The molecule has 0 atom stereocenters. The second-order valence-corrected chi connectivity index (χ2v) is 6.96. The SMILES string of the molecule is Cc1c(C(=O)N2CCN(C)c3cc(F)ccc32)nnn1C1CCNCC1.Cl.Cl. The normalized spacial score (nSPS) is 16.8. The van der Waals surface area contributed by atoms with Gasteiger partial charge in [-0.15, -0.1) is 29.9 Å². The van der Waals surface area contributed by atoms with Crippen LogP contribution in [0.4, 0.5) is 15.8 Å². The van der Waals surface area contributed by atoms with E-state index in [4.69, 9.17) is 0 Å². The molecule has 0 bridgehead atoms. The molecule has 2 aliphatic rings. The molecule has 0 saturated carbocycles. The van der Waals surface area contributed by atoms with Crippen molar-refractivity contribution in [1.29, 1.82) is 0 Å². The zero-order valence-corrected chi connectivity index (χ0v) is 17.5. The minimum atomic E-state index is -0.307. The highest BCUT2D eigenvalue weighted by atomic mass is 35.5. The third-order valence-electron chi connectivity index (χ3n) is 5.33. The fourth-order valence-electron chi connectivity index (χ4n) is 3.80. The largest absolute Gasteiger partial charge is 0.371 e. The van der Waals surface area contributed by atoms with Crippen molar-refractivity contribution in [2.75, 3.05) is 43.0 Å². The number of anilines is 2. The number of hydrogen-bond acceptors (Lipinski definition) is 5. The molecule has 2 aromatic rings. The second-order valence-electron chi connectivity index (χ2n) is 6.96. The Balaban J connectivity index is 0.00000140. The number of likely N-dealkylation sites (N-methyl/N-ethyl adjacent to an activating group) is 1. The van der Waals surface area contributed by atoms with Gasteiger partial charge in [0.1, 0.15) is 5.82 Å². The van der Waals surface area contributed by atoms with Crippen molar-refractivity contribution < 1.29 is 9.18 Å². The number of benzene rings is 1. The molecule has 1 aromatic heterocycles. The average Bonchev–Trinajstić information content (AvgIpc) is 3.04. The lowest BCUT2D eigenvalue weighted by molar-refractivity contribution is 0.0981. The number of rotatable bonds is 2. The van der Waals surface area contributed by atoms with Crippen LogP contribution in [0.3, 0.4) is 0 Å². The van der Waals surface area contributed by atoms with Crippen LogP contribution in [-0.4, -0.2) is 54.1 Å².